The zero-order valence-corrected chi connectivity index (χ0v) is 18.2. The van der Waals surface area contributed by atoms with Crippen LogP contribution in [-0.4, -0.2) is 41.6 Å². The summed E-state index contributed by atoms with van der Waals surface area (Å²) in [5.41, 5.74) is 2.01. The Morgan fingerprint density at radius 1 is 1.26 bits per heavy atom. The summed E-state index contributed by atoms with van der Waals surface area (Å²) in [5.74, 6) is 1.81. The number of hydrogen-bond acceptors (Lipinski definition) is 3. The zero-order chi connectivity index (χ0) is 19.8. The largest absolute Gasteiger partial charge is 0.396 e. The maximum absolute atomic E-state index is 10.2. The van der Waals surface area contributed by atoms with Crippen LogP contribution in [0.2, 0.25) is 0 Å². The lowest BCUT2D eigenvalue weighted by Crippen LogP contribution is -2.51. The van der Waals surface area contributed by atoms with E-state index in [9.17, 15) is 10.2 Å². The van der Waals surface area contributed by atoms with Gasteiger partial charge in [0.05, 0.1) is 6.10 Å². The molecule has 154 valence electrons. The summed E-state index contributed by atoms with van der Waals surface area (Å²) in [5, 5.41) is 27.5. The van der Waals surface area contributed by atoms with E-state index in [4.69, 9.17) is 12.2 Å². The molecule has 2 fully saturated rings. The molecule has 1 unspecified atom stereocenters. The summed E-state index contributed by atoms with van der Waals surface area (Å²) < 4.78 is 0. The number of aliphatic hydroxyl groups excluding tert-OH is 2. The summed E-state index contributed by atoms with van der Waals surface area (Å²) in [4.78, 5) is 0. The fourth-order valence-corrected chi connectivity index (χ4v) is 6.49. The molecule has 4 N–H and O–H groups in total. The number of hydrogen-bond donors (Lipinski definition) is 4. The molecule has 0 amide bonds. The average Bonchev–Trinajstić information content (AvgIpc) is 2.96. The molecule has 6 atom stereocenters. The molecule has 0 bridgehead atoms. The van der Waals surface area contributed by atoms with Gasteiger partial charge in [-0.3, -0.25) is 0 Å². The number of aliphatic hydroxyl groups is 2. The van der Waals surface area contributed by atoms with E-state index in [0.29, 0.717) is 28.3 Å². The fraction of sp³-hybridized carbons (Fsp3) is 0.864. The third-order valence-electron chi connectivity index (χ3n) is 8.18. The van der Waals surface area contributed by atoms with Gasteiger partial charge in [-0.05, 0) is 85.2 Å². The van der Waals surface area contributed by atoms with Crippen molar-refractivity contribution in [3.05, 3.63) is 11.6 Å². The average molecular weight is 395 g/mol. The van der Waals surface area contributed by atoms with E-state index in [-0.39, 0.29) is 24.0 Å². The second-order valence-corrected chi connectivity index (χ2v) is 10.4. The molecule has 0 saturated heterocycles. The standard InChI is InChI=1S/C22H38N2O2S/c1-21(2)9-8-16-17(12-24-20(27)23-4)19(6-5-18(16)21)22(3)10-7-15(26)11-14(22)13-25/h5,14-17,19,25-26H,6-13H2,1-4H3,(H2,23,24,27)/t14-,15+,16?,17+,19+,22+/m1/s1. The molecular formula is C22H38N2O2S. The topological polar surface area (TPSA) is 64.5 Å². The molecule has 0 aromatic carbocycles. The molecule has 0 spiro atoms. The van der Waals surface area contributed by atoms with Crippen LogP contribution in [0.15, 0.2) is 11.6 Å². The van der Waals surface area contributed by atoms with Gasteiger partial charge in [0.25, 0.3) is 0 Å². The van der Waals surface area contributed by atoms with Gasteiger partial charge in [0.15, 0.2) is 5.11 Å². The molecule has 4 nitrogen and oxygen atoms in total. The van der Waals surface area contributed by atoms with Crippen LogP contribution in [0.1, 0.15) is 59.3 Å². The maximum atomic E-state index is 10.2. The SMILES string of the molecule is CNC(=S)NC[C@H]1C2CCC(C)(C)C2=CC[C@@H]1[C@@]1(C)CC[C@H](O)C[C@@H]1CO. The fourth-order valence-electron chi connectivity index (χ4n) is 6.41. The van der Waals surface area contributed by atoms with Gasteiger partial charge in [0.1, 0.15) is 0 Å². The predicted octanol–water partition coefficient (Wildman–Crippen LogP) is 3.24. The van der Waals surface area contributed by atoms with Gasteiger partial charge in [-0.1, -0.05) is 32.4 Å². The second-order valence-electron chi connectivity index (χ2n) is 9.97. The molecule has 0 aromatic heterocycles. The first-order chi connectivity index (χ1) is 12.7. The van der Waals surface area contributed by atoms with Crippen LogP contribution in [0.25, 0.3) is 0 Å². The van der Waals surface area contributed by atoms with E-state index < -0.39 is 0 Å². The number of allylic oxidation sites excluding steroid dienone is 2. The lowest BCUT2D eigenvalue weighted by Gasteiger charge is -2.53. The monoisotopic (exact) mass is 394 g/mol. The molecule has 2 saturated carbocycles. The Morgan fingerprint density at radius 3 is 2.67 bits per heavy atom. The van der Waals surface area contributed by atoms with Crippen LogP contribution in [-0.2, 0) is 0 Å². The van der Waals surface area contributed by atoms with Gasteiger partial charge in [-0.25, -0.2) is 0 Å². The third-order valence-corrected chi connectivity index (χ3v) is 8.53. The third kappa shape index (κ3) is 3.92. The number of nitrogens with one attached hydrogen (secondary N) is 2. The minimum Gasteiger partial charge on any atom is -0.396 e. The summed E-state index contributed by atoms with van der Waals surface area (Å²) in [6.45, 7) is 8.20. The van der Waals surface area contributed by atoms with E-state index >= 15 is 0 Å². The van der Waals surface area contributed by atoms with E-state index in [1.807, 2.05) is 7.05 Å². The number of rotatable bonds is 4. The van der Waals surface area contributed by atoms with Crippen molar-refractivity contribution in [3.63, 3.8) is 0 Å². The predicted molar refractivity (Wildman–Crippen MR) is 114 cm³/mol. The summed E-state index contributed by atoms with van der Waals surface area (Å²) in [7, 11) is 1.86. The van der Waals surface area contributed by atoms with Crippen LogP contribution in [0.4, 0.5) is 0 Å². The maximum Gasteiger partial charge on any atom is 0.166 e. The molecule has 27 heavy (non-hydrogen) atoms. The van der Waals surface area contributed by atoms with Crippen molar-refractivity contribution in [1.82, 2.24) is 10.6 Å². The van der Waals surface area contributed by atoms with Crippen molar-refractivity contribution in [2.45, 2.75) is 65.4 Å². The Balaban J connectivity index is 1.90. The lowest BCUT2D eigenvalue weighted by molar-refractivity contribution is -0.0645. The highest BCUT2D eigenvalue weighted by Gasteiger charge is 2.52. The van der Waals surface area contributed by atoms with Crippen LogP contribution >= 0.6 is 12.2 Å². The van der Waals surface area contributed by atoms with E-state index in [1.165, 1.54) is 12.8 Å². The quantitative estimate of drug-likeness (QED) is 0.435. The van der Waals surface area contributed by atoms with E-state index in [0.717, 1.165) is 32.2 Å². The lowest BCUT2D eigenvalue weighted by atomic mass is 9.53. The molecule has 0 aliphatic heterocycles. The Labute approximate surface area is 170 Å². The van der Waals surface area contributed by atoms with Gasteiger partial charge >= 0.3 is 0 Å². The van der Waals surface area contributed by atoms with Crippen LogP contribution in [0.3, 0.4) is 0 Å². The molecule has 0 radical (unpaired) electrons. The molecule has 3 aliphatic rings. The summed E-state index contributed by atoms with van der Waals surface area (Å²) in [6, 6.07) is 0. The highest BCUT2D eigenvalue weighted by atomic mass is 32.1. The van der Waals surface area contributed by atoms with Gasteiger partial charge in [0, 0.05) is 20.2 Å². The summed E-state index contributed by atoms with van der Waals surface area (Å²) >= 11 is 5.36. The van der Waals surface area contributed by atoms with Gasteiger partial charge in [-0.15, -0.1) is 0 Å². The highest BCUT2D eigenvalue weighted by molar-refractivity contribution is 7.80. The molecule has 0 aromatic rings. The van der Waals surface area contributed by atoms with Crippen molar-refractivity contribution in [2.24, 2.45) is 34.5 Å². The zero-order valence-electron chi connectivity index (χ0n) is 17.4. The highest BCUT2D eigenvalue weighted by Crippen LogP contribution is 2.59. The second kappa shape index (κ2) is 8.00. The molecule has 3 aliphatic carbocycles. The van der Waals surface area contributed by atoms with Crippen LogP contribution in [0.5, 0.6) is 0 Å². The molecule has 5 heteroatoms. The minimum absolute atomic E-state index is 0.0658. The Kier molecular flexibility index (Phi) is 6.24. The van der Waals surface area contributed by atoms with Gasteiger partial charge < -0.3 is 20.8 Å². The van der Waals surface area contributed by atoms with Crippen molar-refractivity contribution < 1.29 is 10.2 Å². The number of thiocarbonyl (C=S) groups is 1. The first-order valence-corrected chi connectivity index (χ1v) is 11.1. The van der Waals surface area contributed by atoms with Crippen molar-refractivity contribution >= 4 is 17.3 Å². The molecular weight excluding hydrogens is 356 g/mol. The first kappa shape index (κ1) is 21.1. The Morgan fingerprint density at radius 2 is 2.00 bits per heavy atom. The van der Waals surface area contributed by atoms with Gasteiger partial charge in [0.2, 0.25) is 0 Å². The minimum atomic E-state index is -0.260. The Hall–Kier alpha value is -0.650. The van der Waals surface area contributed by atoms with Crippen molar-refractivity contribution in [3.8, 4) is 0 Å². The van der Waals surface area contributed by atoms with Crippen LogP contribution in [0, 0.1) is 34.5 Å². The summed E-state index contributed by atoms with van der Waals surface area (Å²) in [6.07, 6.45) is 8.42. The van der Waals surface area contributed by atoms with Gasteiger partial charge in [-0.2, -0.15) is 0 Å². The molecule has 3 rings (SSSR count). The van der Waals surface area contributed by atoms with Crippen molar-refractivity contribution in [2.75, 3.05) is 20.2 Å². The molecule has 0 heterocycles. The Bertz CT molecular complexity index is 591. The van der Waals surface area contributed by atoms with E-state index in [2.05, 4.69) is 37.5 Å². The van der Waals surface area contributed by atoms with Crippen molar-refractivity contribution in [1.29, 1.82) is 0 Å². The van der Waals surface area contributed by atoms with Crippen LogP contribution < -0.4 is 10.6 Å². The smallest absolute Gasteiger partial charge is 0.166 e. The van der Waals surface area contributed by atoms with E-state index in [1.54, 1.807) is 5.57 Å². The normalized spacial score (nSPS) is 40.8. The number of fused-ring (bicyclic) bond motifs is 1. The first-order valence-electron chi connectivity index (χ1n) is 10.7.